The fourth-order valence-corrected chi connectivity index (χ4v) is 1.97. The number of aryl methyl sites for hydroxylation is 1. The Morgan fingerprint density at radius 2 is 1.95 bits per heavy atom. The zero-order valence-corrected chi connectivity index (χ0v) is 10.7. The molecule has 1 aromatic carbocycles. The summed E-state index contributed by atoms with van der Waals surface area (Å²) in [6.07, 6.45) is 1.77. The summed E-state index contributed by atoms with van der Waals surface area (Å²) >= 11 is 0. The van der Waals surface area contributed by atoms with Crippen LogP contribution >= 0.6 is 0 Å². The van der Waals surface area contributed by atoms with Gasteiger partial charge in [0.25, 0.3) is 0 Å². The van der Waals surface area contributed by atoms with Gasteiger partial charge < -0.3 is 4.74 Å². The molecule has 0 saturated heterocycles. The van der Waals surface area contributed by atoms with Crippen LogP contribution in [-0.2, 0) is 6.61 Å². The number of pyridine rings is 2. The van der Waals surface area contributed by atoms with Gasteiger partial charge in [0.05, 0.1) is 5.69 Å². The highest BCUT2D eigenvalue weighted by molar-refractivity contribution is 5.84. The van der Waals surface area contributed by atoms with Crippen molar-refractivity contribution in [2.75, 3.05) is 0 Å². The van der Waals surface area contributed by atoms with Gasteiger partial charge in [-0.25, -0.2) is 4.98 Å². The molecule has 0 bridgehead atoms. The predicted octanol–water partition coefficient (Wildman–Crippen LogP) is 3.52. The molecule has 2 aromatic heterocycles. The first kappa shape index (κ1) is 11.7. The molecule has 0 unspecified atom stereocenters. The van der Waals surface area contributed by atoms with Crippen LogP contribution in [0.25, 0.3) is 10.9 Å². The smallest absolute Gasteiger partial charge is 0.146 e. The Morgan fingerprint density at radius 3 is 2.79 bits per heavy atom. The van der Waals surface area contributed by atoms with Crippen molar-refractivity contribution < 1.29 is 4.74 Å². The number of fused-ring (bicyclic) bond motifs is 1. The normalized spacial score (nSPS) is 10.6. The number of aromatic nitrogens is 2. The van der Waals surface area contributed by atoms with Crippen molar-refractivity contribution in [3.8, 4) is 5.75 Å². The van der Waals surface area contributed by atoms with Crippen molar-refractivity contribution in [2.45, 2.75) is 13.5 Å². The number of hydrogen-bond donors (Lipinski definition) is 0. The molecule has 0 radical (unpaired) electrons. The second-order valence-corrected chi connectivity index (χ2v) is 4.39. The summed E-state index contributed by atoms with van der Waals surface area (Å²) in [5.74, 6) is 0.798. The van der Waals surface area contributed by atoms with Gasteiger partial charge in [0.1, 0.15) is 17.9 Å². The van der Waals surface area contributed by atoms with Crippen LogP contribution in [0.1, 0.15) is 11.4 Å². The van der Waals surface area contributed by atoms with Crippen molar-refractivity contribution in [3.63, 3.8) is 0 Å². The van der Waals surface area contributed by atoms with Gasteiger partial charge in [-0.3, -0.25) is 4.98 Å². The van der Waals surface area contributed by atoms with E-state index in [0.29, 0.717) is 6.61 Å². The second kappa shape index (κ2) is 5.06. The molecular formula is C16H14N2O. The van der Waals surface area contributed by atoms with Gasteiger partial charge in [-0.15, -0.1) is 0 Å². The van der Waals surface area contributed by atoms with Crippen LogP contribution in [0.2, 0.25) is 0 Å². The summed E-state index contributed by atoms with van der Waals surface area (Å²) in [5, 5.41) is 1.09. The third kappa shape index (κ3) is 2.55. The number of para-hydroxylation sites is 1. The van der Waals surface area contributed by atoms with Crippen LogP contribution in [0.3, 0.4) is 0 Å². The fraction of sp³-hybridized carbons (Fsp3) is 0.125. The lowest BCUT2D eigenvalue weighted by molar-refractivity contribution is 0.304. The van der Waals surface area contributed by atoms with Crippen LogP contribution in [0.5, 0.6) is 5.75 Å². The van der Waals surface area contributed by atoms with Gasteiger partial charge in [-0.2, -0.15) is 0 Å². The Morgan fingerprint density at radius 1 is 1.00 bits per heavy atom. The first-order valence-electron chi connectivity index (χ1n) is 6.22. The molecule has 0 aliphatic rings. The summed E-state index contributed by atoms with van der Waals surface area (Å²) in [4.78, 5) is 8.79. The minimum Gasteiger partial charge on any atom is -0.485 e. The first-order chi connectivity index (χ1) is 9.33. The van der Waals surface area contributed by atoms with Crippen molar-refractivity contribution in [1.29, 1.82) is 0 Å². The SMILES string of the molecule is Cc1ccc2cccc(OCc3ccccn3)c2n1. The van der Waals surface area contributed by atoms with E-state index < -0.39 is 0 Å². The van der Waals surface area contributed by atoms with E-state index in [4.69, 9.17) is 4.74 Å². The number of ether oxygens (including phenoxy) is 1. The third-order valence-electron chi connectivity index (χ3n) is 2.92. The highest BCUT2D eigenvalue weighted by Gasteiger charge is 2.04. The van der Waals surface area contributed by atoms with E-state index in [1.54, 1.807) is 6.20 Å². The molecule has 3 rings (SSSR count). The van der Waals surface area contributed by atoms with Crippen molar-refractivity contribution in [1.82, 2.24) is 9.97 Å². The van der Waals surface area contributed by atoms with Crippen LogP contribution in [0.4, 0.5) is 0 Å². The van der Waals surface area contributed by atoms with E-state index in [0.717, 1.165) is 28.0 Å². The molecule has 3 nitrogen and oxygen atoms in total. The minimum absolute atomic E-state index is 0.454. The second-order valence-electron chi connectivity index (χ2n) is 4.39. The predicted molar refractivity (Wildman–Crippen MR) is 75.0 cm³/mol. The summed E-state index contributed by atoms with van der Waals surface area (Å²) in [6, 6.07) is 15.8. The summed E-state index contributed by atoms with van der Waals surface area (Å²) in [5.41, 5.74) is 2.80. The van der Waals surface area contributed by atoms with Crippen molar-refractivity contribution in [2.24, 2.45) is 0 Å². The zero-order chi connectivity index (χ0) is 13.1. The van der Waals surface area contributed by atoms with Crippen LogP contribution in [0.15, 0.2) is 54.7 Å². The van der Waals surface area contributed by atoms with Gasteiger partial charge in [0.2, 0.25) is 0 Å². The lowest BCUT2D eigenvalue weighted by Gasteiger charge is -2.08. The van der Waals surface area contributed by atoms with Crippen LogP contribution < -0.4 is 4.74 Å². The zero-order valence-electron chi connectivity index (χ0n) is 10.7. The van der Waals surface area contributed by atoms with Gasteiger partial charge in [-0.1, -0.05) is 24.3 Å². The number of nitrogens with zero attached hydrogens (tertiary/aromatic N) is 2. The fourth-order valence-electron chi connectivity index (χ4n) is 1.97. The molecule has 0 saturated carbocycles. The number of rotatable bonds is 3. The standard InChI is InChI=1S/C16H14N2O/c1-12-8-9-13-5-4-7-15(16(13)18-12)19-11-14-6-2-3-10-17-14/h2-10H,11H2,1H3. The third-order valence-corrected chi connectivity index (χ3v) is 2.92. The highest BCUT2D eigenvalue weighted by atomic mass is 16.5. The van der Waals surface area contributed by atoms with E-state index in [1.165, 1.54) is 0 Å². The molecule has 2 heterocycles. The van der Waals surface area contributed by atoms with E-state index in [9.17, 15) is 0 Å². The molecule has 0 atom stereocenters. The average Bonchev–Trinajstić information content (AvgIpc) is 2.46. The first-order valence-corrected chi connectivity index (χ1v) is 6.22. The molecule has 0 amide bonds. The molecule has 19 heavy (non-hydrogen) atoms. The number of hydrogen-bond acceptors (Lipinski definition) is 3. The topological polar surface area (TPSA) is 35.0 Å². The molecular weight excluding hydrogens is 236 g/mol. The Labute approximate surface area is 111 Å². The lowest BCUT2D eigenvalue weighted by Crippen LogP contribution is -1.98. The maximum Gasteiger partial charge on any atom is 0.146 e. The van der Waals surface area contributed by atoms with E-state index in [-0.39, 0.29) is 0 Å². The van der Waals surface area contributed by atoms with E-state index in [2.05, 4.69) is 16.0 Å². The lowest BCUT2D eigenvalue weighted by atomic mass is 10.2. The molecule has 0 aliphatic heterocycles. The number of benzene rings is 1. The minimum atomic E-state index is 0.454. The van der Waals surface area contributed by atoms with E-state index in [1.807, 2.05) is 49.4 Å². The average molecular weight is 250 g/mol. The van der Waals surface area contributed by atoms with Gasteiger partial charge in [0.15, 0.2) is 0 Å². The Kier molecular flexibility index (Phi) is 3.11. The summed E-state index contributed by atoms with van der Waals surface area (Å²) < 4.78 is 5.84. The van der Waals surface area contributed by atoms with Crippen molar-refractivity contribution in [3.05, 3.63) is 66.1 Å². The maximum absolute atomic E-state index is 5.84. The van der Waals surface area contributed by atoms with Crippen molar-refractivity contribution >= 4 is 10.9 Å². The quantitative estimate of drug-likeness (QED) is 0.713. The van der Waals surface area contributed by atoms with E-state index >= 15 is 0 Å². The molecule has 94 valence electrons. The molecule has 3 heteroatoms. The largest absolute Gasteiger partial charge is 0.485 e. The van der Waals surface area contributed by atoms with Crippen LogP contribution in [0, 0.1) is 6.92 Å². The monoisotopic (exact) mass is 250 g/mol. The van der Waals surface area contributed by atoms with Gasteiger partial charge >= 0.3 is 0 Å². The molecule has 0 aliphatic carbocycles. The highest BCUT2D eigenvalue weighted by Crippen LogP contribution is 2.24. The molecule has 3 aromatic rings. The molecule has 0 N–H and O–H groups in total. The Balaban J connectivity index is 1.90. The van der Waals surface area contributed by atoms with Gasteiger partial charge in [0, 0.05) is 17.3 Å². The summed E-state index contributed by atoms with van der Waals surface area (Å²) in [7, 11) is 0. The molecule has 0 fully saturated rings. The Hall–Kier alpha value is -2.42. The maximum atomic E-state index is 5.84. The van der Waals surface area contributed by atoms with Crippen LogP contribution in [-0.4, -0.2) is 9.97 Å². The Bertz CT molecular complexity index is 695. The summed E-state index contributed by atoms with van der Waals surface area (Å²) in [6.45, 7) is 2.44. The molecule has 0 spiro atoms. The van der Waals surface area contributed by atoms with Gasteiger partial charge in [-0.05, 0) is 31.2 Å².